The summed E-state index contributed by atoms with van der Waals surface area (Å²) < 4.78 is 35.5. The molecule has 0 fully saturated rings. The smallest absolute Gasteiger partial charge is 0.328 e. The summed E-state index contributed by atoms with van der Waals surface area (Å²) in [6.07, 6.45) is -1.77. The van der Waals surface area contributed by atoms with Gasteiger partial charge in [-0.1, -0.05) is 13.3 Å². The fourth-order valence-electron chi connectivity index (χ4n) is 1.47. The lowest BCUT2D eigenvalue weighted by Crippen LogP contribution is -2.26. The van der Waals surface area contributed by atoms with Crippen LogP contribution in [0.2, 0.25) is 0 Å². The second-order valence-electron chi connectivity index (χ2n) is 4.58. The molecule has 5 heteroatoms. The Morgan fingerprint density at radius 2 is 1.81 bits per heavy atom. The van der Waals surface area contributed by atoms with E-state index in [0.717, 1.165) is 19.3 Å². The summed E-state index contributed by atoms with van der Waals surface area (Å²) in [5, 5.41) is 2.83. The Kier molecular flexibility index (Phi) is 7.76. The van der Waals surface area contributed by atoms with Crippen LogP contribution in [0.5, 0.6) is 0 Å². The van der Waals surface area contributed by atoms with E-state index < -0.39 is 12.6 Å². The van der Waals surface area contributed by atoms with E-state index in [2.05, 4.69) is 5.32 Å². The lowest BCUT2D eigenvalue weighted by Gasteiger charge is -2.14. The number of nitrogens with one attached hydrogen (secondary N) is 1. The first-order chi connectivity index (χ1) is 7.31. The molecule has 2 unspecified atom stereocenters. The van der Waals surface area contributed by atoms with Crippen molar-refractivity contribution in [1.82, 2.24) is 5.32 Å². The van der Waals surface area contributed by atoms with Crippen molar-refractivity contribution in [3.63, 3.8) is 0 Å². The number of nitrogens with two attached hydrogens (primary N) is 1. The van der Waals surface area contributed by atoms with Gasteiger partial charge in [0.05, 0.1) is 6.42 Å². The Balaban J connectivity index is 3.34. The van der Waals surface area contributed by atoms with Crippen LogP contribution >= 0.6 is 0 Å². The van der Waals surface area contributed by atoms with Crippen LogP contribution in [-0.2, 0) is 0 Å². The van der Waals surface area contributed by atoms with E-state index in [9.17, 15) is 13.2 Å². The lowest BCUT2D eigenvalue weighted by atomic mass is 10.0. The maximum Gasteiger partial charge on any atom is 0.390 e. The topological polar surface area (TPSA) is 38.0 Å². The highest BCUT2D eigenvalue weighted by atomic mass is 19.4. The van der Waals surface area contributed by atoms with E-state index in [1.54, 1.807) is 0 Å². The van der Waals surface area contributed by atoms with Gasteiger partial charge in [-0.15, -0.1) is 0 Å². The van der Waals surface area contributed by atoms with Crippen LogP contribution in [0.4, 0.5) is 13.2 Å². The van der Waals surface area contributed by atoms with Crippen molar-refractivity contribution >= 4 is 0 Å². The summed E-state index contributed by atoms with van der Waals surface area (Å²) in [6.45, 7) is 4.67. The molecule has 0 aromatic rings. The molecule has 0 aliphatic carbocycles. The molecule has 0 aromatic carbocycles. The summed E-state index contributed by atoms with van der Waals surface area (Å²) in [5.74, 6) is 0.409. The number of alkyl halides is 3. The first-order valence-corrected chi connectivity index (χ1v) is 5.84. The molecule has 0 saturated heterocycles. The van der Waals surface area contributed by atoms with Gasteiger partial charge in [0.15, 0.2) is 0 Å². The third-order valence-electron chi connectivity index (χ3n) is 2.43. The van der Waals surface area contributed by atoms with Crippen LogP contribution in [-0.4, -0.2) is 25.3 Å². The van der Waals surface area contributed by atoms with Gasteiger partial charge >= 0.3 is 6.18 Å². The Morgan fingerprint density at radius 3 is 2.31 bits per heavy atom. The third-order valence-corrected chi connectivity index (χ3v) is 2.43. The van der Waals surface area contributed by atoms with E-state index >= 15 is 0 Å². The van der Waals surface area contributed by atoms with Gasteiger partial charge in [0.25, 0.3) is 0 Å². The molecule has 0 rings (SSSR count). The van der Waals surface area contributed by atoms with E-state index in [4.69, 9.17) is 5.73 Å². The Hall–Kier alpha value is -0.290. The summed E-state index contributed by atoms with van der Waals surface area (Å²) in [4.78, 5) is 0. The van der Waals surface area contributed by atoms with Crippen molar-refractivity contribution in [3.05, 3.63) is 0 Å². The quantitative estimate of drug-likeness (QED) is 0.640. The van der Waals surface area contributed by atoms with E-state index in [-0.39, 0.29) is 12.6 Å². The van der Waals surface area contributed by atoms with Crippen molar-refractivity contribution in [2.45, 2.75) is 51.7 Å². The van der Waals surface area contributed by atoms with Crippen molar-refractivity contribution in [2.24, 2.45) is 11.7 Å². The Morgan fingerprint density at radius 1 is 1.19 bits per heavy atom. The highest BCUT2D eigenvalue weighted by Gasteiger charge is 2.25. The zero-order chi connectivity index (χ0) is 12.6. The molecular formula is C11H23F3N2. The SMILES string of the molecule is CC(N)CCCC(C)CNCCC(F)(F)F. The number of halogens is 3. The van der Waals surface area contributed by atoms with Gasteiger partial charge in [0.2, 0.25) is 0 Å². The second kappa shape index (κ2) is 7.90. The van der Waals surface area contributed by atoms with E-state index in [0.29, 0.717) is 12.5 Å². The average Bonchev–Trinajstić information content (AvgIpc) is 2.10. The molecule has 0 bridgehead atoms. The van der Waals surface area contributed by atoms with E-state index in [1.807, 2.05) is 13.8 Å². The Labute approximate surface area is 95.8 Å². The maximum atomic E-state index is 11.8. The lowest BCUT2D eigenvalue weighted by molar-refractivity contribution is -0.133. The molecule has 0 amide bonds. The summed E-state index contributed by atoms with van der Waals surface area (Å²) in [5.41, 5.74) is 5.61. The predicted octanol–water partition coefficient (Wildman–Crippen LogP) is 2.68. The molecule has 0 aliphatic rings. The van der Waals surface area contributed by atoms with E-state index in [1.165, 1.54) is 0 Å². The minimum absolute atomic E-state index is 0.0150. The summed E-state index contributed by atoms with van der Waals surface area (Å²) in [7, 11) is 0. The van der Waals surface area contributed by atoms with Gasteiger partial charge in [-0.3, -0.25) is 0 Å². The van der Waals surface area contributed by atoms with Gasteiger partial charge in [0, 0.05) is 12.6 Å². The van der Waals surface area contributed by atoms with Crippen molar-refractivity contribution in [2.75, 3.05) is 13.1 Å². The van der Waals surface area contributed by atoms with Gasteiger partial charge in [-0.25, -0.2) is 0 Å². The van der Waals surface area contributed by atoms with Gasteiger partial charge in [-0.05, 0) is 32.2 Å². The molecular weight excluding hydrogens is 217 g/mol. The first-order valence-electron chi connectivity index (χ1n) is 5.84. The highest BCUT2D eigenvalue weighted by molar-refractivity contribution is 4.61. The zero-order valence-corrected chi connectivity index (χ0v) is 10.1. The molecule has 0 aliphatic heterocycles. The van der Waals surface area contributed by atoms with Gasteiger partial charge in [0.1, 0.15) is 0 Å². The fraction of sp³-hybridized carbons (Fsp3) is 1.00. The standard InChI is InChI=1S/C11H23F3N2/c1-9(4-3-5-10(2)15)8-16-7-6-11(12,13)14/h9-10,16H,3-8,15H2,1-2H3. The number of hydrogen-bond donors (Lipinski definition) is 2. The minimum atomic E-state index is -4.05. The zero-order valence-electron chi connectivity index (χ0n) is 10.1. The molecule has 0 radical (unpaired) electrons. The predicted molar refractivity (Wildman–Crippen MR) is 60.2 cm³/mol. The van der Waals surface area contributed by atoms with Gasteiger partial charge in [-0.2, -0.15) is 13.2 Å². The highest BCUT2D eigenvalue weighted by Crippen LogP contribution is 2.18. The summed E-state index contributed by atoms with van der Waals surface area (Å²) in [6, 6.07) is 0.213. The largest absolute Gasteiger partial charge is 0.390 e. The fourth-order valence-corrected chi connectivity index (χ4v) is 1.47. The normalized spacial score (nSPS) is 16.1. The Bertz CT molecular complexity index is 169. The summed E-state index contributed by atoms with van der Waals surface area (Å²) >= 11 is 0. The molecule has 2 atom stereocenters. The van der Waals surface area contributed by atoms with Crippen molar-refractivity contribution in [1.29, 1.82) is 0 Å². The molecule has 3 N–H and O–H groups in total. The van der Waals surface area contributed by atoms with Crippen LogP contribution in [0.1, 0.15) is 39.5 Å². The molecule has 0 heterocycles. The van der Waals surface area contributed by atoms with Crippen LogP contribution in [0.15, 0.2) is 0 Å². The monoisotopic (exact) mass is 240 g/mol. The third kappa shape index (κ3) is 11.8. The molecule has 16 heavy (non-hydrogen) atoms. The first kappa shape index (κ1) is 15.7. The van der Waals surface area contributed by atoms with Crippen molar-refractivity contribution in [3.8, 4) is 0 Å². The molecule has 0 saturated carbocycles. The van der Waals surface area contributed by atoms with Crippen LogP contribution < -0.4 is 11.1 Å². The number of hydrogen-bond acceptors (Lipinski definition) is 2. The molecule has 2 nitrogen and oxygen atoms in total. The maximum absolute atomic E-state index is 11.8. The molecule has 98 valence electrons. The second-order valence-corrected chi connectivity index (χ2v) is 4.58. The minimum Gasteiger partial charge on any atom is -0.328 e. The number of rotatable bonds is 8. The van der Waals surface area contributed by atoms with Gasteiger partial charge < -0.3 is 11.1 Å². The molecule has 0 aromatic heterocycles. The van der Waals surface area contributed by atoms with Crippen molar-refractivity contribution < 1.29 is 13.2 Å². The van der Waals surface area contributed by atoms with Crippen LogP contribution in [0.25, 0.3) is 0 Å². The molecule has 0 spiro atoms. The van der Waals surface area contributed by atoms with Crippen LogP contribution in [0.3, 0.4) is 0 Å². The average molecular weight is 240 g/mol. The van der Waals surface area contributed by atoms with Crippen LogP contribution in [0, 0.1) is 5.92 Å².